The largest absolute Gasteiger partial charge is 0.383 e. The van der Waals surface area contributed by atoms with E-state index in [0.717, 1.165) is 24.2 Å². The fraction of sp³-hybridized carbons (Fsp3) is 0.500. The van der Waals surface area contributed by atoms with E-state index >= 15 is 0 Å². The molecule has 0 unspecified atom stereocenters. The van der Waals surface area contributed by atoms with Gasteiger partial charge in [0.05, 0.1) is 13.2 Å². The summed E-state index contributed by atoms with van der Waals surface area (Å²) in [5, 5.41) is 5.84. The molecule has 2 amide bonds. The van der Waals surface area contributed by atoms with Gasteiger partial charge >= 0.3 is 0 Å². The predicted molar refractivity (Wildman–Crippen MR) is 84.6 cm³/mol. The number of anilines is 1. The molecule has 0 aromatic heterocycles. The molecule has 0 spiro atoms. The van der Waals surface area contributed by atoms with Crippen LogP contribution in [0, 0.1) is 0 Å². The van der Waals surface area contributed by atoms with Gasteiger partial charge in [0.2, 0.25) is 11.8 Å². The Morgan fingerprint density at radius 1 is 1.32 bits per heavy atom. The summed E-state index contributed by atoms with van der Waals surface area (Å²) in [5.41, 5.74) is 1.94. The van der Waals surface area contributed by atoms with Crippen LogP contribution < -0.4 is 15.5 Å². The first kappa shape index (κ1) is 16.5. The molecule has 1 aliphatic heterocycles. The SMILES string of the molecule is COCCNCC(=O)NCc1ccc(N2CCCC2=O)cc1. The molecule has 2 rings (SSSR count). The number of amides is 2. The molecular weight excluding hydrogens is 282 g/mol. The van der Waals surface area contributed by atoms with E-state index in [1.165, 1.54) is 0 Å². The van der Waals surface area contributed by atoms with Gasteiger partial charge in [0.25, 0.3) is 0 Å². The third kappa shape index (κ3) is 4.82. The third-order valence-corrected chi connectivity index (χ3v) is 3.58. The van der Waals surface area contributed by atoms with Crippen molar-refractivity contribution in [2.24, 2.45) is 0 Å². The number of rotatable bonds is 8. The van der Waals surface area contributed by atoms with Crippen molar-refractivity contribution in [2.75, 3.05) is 38.3 Å². The lowest BCUT2D eigenvalue weighted by Crippen LogP contribution is -2.34. The first-order valence-corrected chi connectivity index (χ1v) is 7.56. The molecule has 6 nitrogen and oxygen atoms in total. The molecule has 0 aliphatic carbocycles. The van der Waals surface area contributed by atoms with E-state index in [1.54, 1.807) is 7.11 Å². The smallest absolute Gasteiger partial charge is 0.234 e. The second-order valence-electron chi connectivity index (χ2n) is 5.26. The molecule has 1 aliphatic rings. The zero-order chi connectivity index (χ0) is 15.8. The van der Waals surface area contributed by atoms with Crippen molar-refractivity contribution in [3.63, 3.8) is 0 Å². The number of hydrogen-bond acceptors (Lipinski definition) is 4. The van der Waals surface area contributed by atoms with Crippen molar-refractivity contribution in [3.05, 3.63) is 29.8 Å². The number of carbonyl (C=O) groups excluding carboxylic acids is 2. The number of ether oxygens (including phenoxy) is 1. The molecule has 1 fully saturated rings. The number of nitrogens with one attached hydrogen (secondary N) is 2. The molecule has 1 saturated heterocycles. The normalized spacial score (nSPS) is 14.4. The van der Waals surface area contributed by atoms with Gasteiger partial charge in [-0.15, -0.1) is 0 Å². The Morgan fingerprint density at radius 2 is 2.09 bits per heavy atom. The van der Waals surface area contributed by atoms with Crippen molar-refractivity contribution in [2.45, 2.75) is 19.4 Å². The van der Waals surface area contributed by atoms with Gasteiger partial charge < -0.3 is 20.3 Å². The van der Waals surface area contributed by atoms with Gasteiger partial charge in [-0.2, -0.15) is 0 Å². The third-order valence-electron chi connectivity index (χ3n) is 3.58. The second kappa shape index (κ2) is 8.51. The first-order valence-electron chi connectivity index (χ1n) is 7.56. The number of methoxy groups -OCH3 is 1. The molecule has 0 radical (unpaired) electrons. The monoisotopic (exact) mass is 305 g/mol. The van der Waals surface area contributed by atoms with Crippen LogP contribution in [0.3, 0.4) is 0 Å². The van der Waals surface area contributed by atoms with E-state index in [1.807, 2.05) is 29.2 Å². The average Bonchev–Trinajstić information content (AvgIpc) is 2.96. The van der Waals surface area contributed by atoms with Crippen molar-refractivity contribution < 1.29 is 14.3 Å². The first-order chi connectivity index (χ1) is 10.7. The summed E-state index contributed by atoms with van der Waals surface area (Å²) in [7, 11) is 1.63. The Hall–Kier alpha value is -1.92. The molecule has 0 saturated carbocycles. The fourth-order valence-corrected chi connectivity index (χ4v) is 2.35. The molecule has 1 aromatic carbocycles. The average molecular weight is 305 g/mol. The molecular formula is C16H23N3O3. The number of benzene rings is 1. The molecule has 22 heavy (non-hydrogen) atoms. The second-order valence-corrected chi connectivity index (χ2v) is 5.26. The molecule has 2 N–H and O–H groups in total. The molecule has 0 bridgehead atoms. The summed E-state index contributed by atoms with van der Waals surface area (Å²) in [6.45, 7) is 2.80. The Morgan fingerprint density at radius 3 is 2.73 bits per heavy atom. The predicted octanol–water partition coefficient (Wildman–Crippen LogP) is 0.666. The van der Waals surface area contributed by atoms with Gasteiger partial charge in [0.15, 0.2) is 0 Å². The Balaban J connectivity index is 1.74. The van der Waals surface area contributed by atoms with E-state index < -0.39 is 0 Å². The minimum atomic E-state index is -0.0464. The lowest BCUT2D eigenvalue weighted by molar-refractivity contribution is -0.120. The van der Waals surface area contributed by atoms with Crippen LogP contribution in [0.1, 0.15) is 18.4 Å². The molecule has 1 heterocycles. The number of hydrogen-bond donors (Lipinski definition) is 2. The Labute approximate surface area is 130 Å². The van der Waals surface area contributed by atoms with Gasteiger partial charge in [-0.1, -0.05) is 12.1 Å². The highest BCUT2D eigenvalue weighted by Gasteiger charge is 2.21. The number of carbonyl (C=O) groups is 2. The zero-order valence-corrected chi connectivity index (χ0v) is 12.9. The van der Waals surface area contributed by atoms with Crippen LogP contribution in [0.4, 0.5) is 5.69 Å². The zero-order valence-electron chi connectivity index (χ0n) is 12.9. The highest BCUT2D eigenvalue weighted by atomic mass is 16.5. The summed E-state index contributed by atoms with van der Waals surface area (Å²) in [5.74, 6) is 0.137. The van der Waals surface area contributed by atoms with Crippen LogP contribution in [0.2, 0.25) is 0 Å². The minimum Gasteiger partial charge on any atom is -0.383 e. The maximum atomic E-state index is 11.7. The van der Waals surface area contributed by atoms with Crippen molar-refractivity contribution >= 4 is 17.5 Å². The summed E-state index contributed by atoms with van der Waals surface area (Å²) < 4.78 is 4.89. The molecule has 120 valence electrons. The highest BCUT2D eigenvalue weighted by Crippen LogP contribution is 2.21. The topological polar surface area (TPSA) is 70.7 Å². The maximum Gasteiger partial charge on any atom is 0.234 e. The van der Waals surface area contributed by atoms with Gasteiger partial charge in [-0.25, -0.2) is 0 Å². The van der Waals surface area contributed by atoms with Crippen molar-refractivity contribution in [3.8, 4) is 0 Å². The molecule has 1 aromatic rings. The molecule has 6 heteroatoms. The van der Waals surface area contributed by atoms with Gasteiger partial charge in [-0.05, 0) is 24.1 Å². The van der Waals surface area contributed by atoms with E-state index in [0.29, 0.717) is 26.1 Å². The Kier molecular flexibility index (Phi) is 6.36. The molecule has 0 atom stereocenters. The van der Waals surface area contributed by atoms with E-state index in [4.69, 9.17) is 4.74 Å². The highest BCUT2D eigenvalue weighted by molar-refractivity contribution is 5.95. The quantitative estimate of drug-likeness (QED) is 0.693. The minimum absolute atomic E-state index is 0.0464. The lowest BCUT2D eigenvalue weighted by atomic mass is 10.2. The summed E-state index contributed by atoms with van der Waals surface area (Å²) in [6, 6.07) is 7.75. The van der Waals surface area contributed by atoms with Crippen LogP contribution in [-0.4, -0.2) is 45.2 Å². The fourth-order valence-electron chi connectivity index (χ4n) is 2.35. The standard InChI is InChI=1S/C16H23N3O3/c1-22-10-8-17-12-15(20)18-11-13-4-6-14(7-5-13)19-9-2-3-16(19)21/h4-7,17H,2-3,8-12H2,1H3,(H,18,20). The Bertz CT molecular complexity index is 502. The van der Waals surface area contributed by atoms with Gasteiger partial charge in [0, 0.05) is 38.9 Å². The van der Waals surface area contributed by atoms with Gasteiger partial charge in [-0.3, -0.25) is 9.59 Å². The van der Waals surface area contributed by atoms with Crippen LogP contribution in [0.25, 0.3) is 0 Å². The lowest BCUT2D eigenvalue weighted by Gasteiger charge is -2.16. The van der Waals surface area contributed by atoms with Crippen molar-refractivity contribution in [1.82, 2.24) is 10.6 Å². The van der Waals surface area contributed by atoms with Crippen LogP contribution >= 0.6 is 0 Å². The van der Waals surface area contributed by atoms with Crippen molar-refractivity contribution in [1.29, 1.82) is 0 Å². The van der Waals surface area contributed by atoms with Crippen LogP contribution in [-0.2, 0) is 20.9 Å². The maximum absolute atomic E-state index is 11.7. The number of nitrogens with zero attached hydrogens (tertiary/aromatic N) is 1. The van der Waals surface area contributed by atoms with Gasteiger partial charge in [0.1, 0.15) is 0 Å². The van der Waals surface area contributed by atoms with Crippen LogP contribution in [0.15, 0.2) is 24.3 Å². The van der Waals surface area contributed by atoms with E-state index in [-0.39, 0.29) is 18.4 Å². The summed E-state index contributed by atoms with van der Waals surface area (Å²) >= 11 is 0. The van der Waals surface area contributed by atoms with E-state index in [2.05, 4.69) is 10.6 Å². The summed E-state index contributed by atoms with van der Waals surface area (Å²) in [4.78, 5) is 25.1. The summed E-state index contributed by atoms with van der Waals surface area (Å²) in [6.07, 6.45) is 1.56. The van der Waals surface area contributed by atoms with E-state index in [9.17, 15) is 9.59 Å². The van der Waals surface area contributed by atoms with Crippen LogP contribution in [0.5, 0.6) is 0 Å².